The molecule has 1 amide bonds. The van der Waals surface area contributed by atoms with Gasteiger partial charge in [0.25, 0.3) is 5.91 Å². The lowest BCUT2D eigenvalue weighted by Gasteiger charge is -2.56. The summed E-state index contributed by atoms with van der Waals surface area (Å²) in [5, 5.41) is 18.3. The smallest absolute Gasteiger partial charge is 0.276 e. The molecule has 4 rings (SSSR count). The van der Waals surface area contributed by atoms with Crippen molar-refractivity contribution in [1.29, 1.82) is 0 Å². The van der Waals surface area contributed by atoms with E-state index in [1.54, 1.807) is 22.9 Å². The highest BCUT2D eigenvalue weighted by Gasteiger charge is 2.56. The molecule has 132 valence electrons. The number of carbonyl (C=O) groups is 1. The fraction of sp³-hybridized carbons (Fsp3) is 0.500. The number of ether oxygens (including phenoxy) is 1. The molecule has 1 aliphatic carbocycles. The zero-order chi connectivity index (χ0) is 17.4. The van der Waals surface area contributed by atoms with Crippen LogP contribution in [0.3, 0.4) is 0 Å². The van der Waals surface area contributed by atoms with E-state index in [1.807, 2.05) is 30.3 Å². The monoisotopic (exact) mass is 342 g/mol. The summed E-state index contributed by atoms with van der Waals surface area (Å²) in [7, 11) is 1.69. The molecular formula is C18H22N4O3. The van der Waals surface area contributed by atoms with Crippen LogP contribution in [0.1, 0.15) is 29.8 Å². The third-order valence-electron chi connectivity index (χ3n) is 5.74. The molecule has 2 fully saturated rings. The van der Waals surface area contributed by atoms with E-state index in [9.17, 15) is 9.90 Å². The highest BCUT2D eigenvalue weighted by molar-refractivity contribution is 5.92. The van der Waals surface area contributed by atoms with Crippen molar-refractivity contribution in [3.8, 4) is 5.69 Å². The van der Waals surface area contributed by atoms with Gasteiger partial charge < -0.3 is 14.7 Å². The molecule has 25 heavy (non-hydrogen) atoms. The summed E-state index contributed by atoms with van der Waals surface area (Å²) < 4.78 is 7.10. The summed E-state index contributed by atoms with van der Waals surface area (Å²) in [6, 6.07) is 9.59. The predicted molar refractivity (Wildman–Crippen MR) is 90.4 cm³/mol. The van der Waals surface area contributed by atoms with E-state index in [0.717, 1.165) is 18.5 Å². The number of carbonyl (C=O) groups excluding carboxylic acids is 1. The summed E-state index contributed by atoms with van der Waals surface area (Å²) >= 11 is 0. The number of para-hydroxylation sites is 1. The minimum Gasteiger partial charge on any atom is -0.392 e. The molecule has 7 nitrogen and oxygen atoms in total. The van der Waals surface area contributed by atoms with Crippen LogP contribution in [0.2, 0.25) is 0 Å². The Morgan fingerprint density at radius 3 is 2.64 bits per heavy atom. The Hall–Kier alpha value is -2.25. The maximum Gasteiger partial charge on any atom is 0.276 e. The van der Waals surface area contributed by atoms with Crippen LogP contribution in [0.25, 0.3) is 5.69 Å². The highest BCUT2D eigenvalue weighted by Crippen LogP contribution is 2.50. The number of aliphatic hydroxyl groups excluding tert-OH is 1. The quantitative estimate of drug-likeness (QED) is 0.908. The zero-order valence-corrected chi connectivity index (χ0v) is 14.2. The van der Waals surface area contributed by atoms with Crippen LogP contribution in [0.5, 0.6) is 0 Å². The first kappa shape index (κ1) is 16.2. The molecule has 0 bridgehead atoms. The van der Waals surface area contributed by atoms with E-state index in [1.165, 1.54) is 0 Å². The van der Waals surface area contributed by atoms with Gasteiger partial charge in [-0.05, 0) is 25.0 Å². The number of aliphatic hydroxyl groups is 1. The highest BCUT2D eigenvalue weighted by atomic mass is 16.5. The predicted octanol–water partition coefficient (Wildman–Crippen LogP) is 1.27. The Bertz CT molecular complexity index is 753. The summed E-state index contributed by atoms with van der Waals surface area (Å²) in [4.78, 5) is 14.5. The van der Waals surface area contributed by atoms with Gasteiger partial charge in [0.15, 0.2) is 5.69 Å². The molecule has 1 spiro atoms. The Kier molecular flexibility index (Phi) is 4.05. The molecule has 2 aromatic rings. The minimum absolute atomic E-state index is 0.0960. The average molecular weight is 342 g/mol. The first-order chi connectivity index (χ1) is 12.1. The molecule has 1 N–H and O–H groups in total. The van der Waals surface area contributed by atoms with Crippen LogP contribution in [0.4, 0.5) is 0 Å². The van der Waals surface area contributed by atoms with Crippen LogP contribution in [0, 0.1) is 5.41 Å². The molecule has 2 atom stereocenters. The van der Waals surface area contributed by atoms with Gasteiger partial charge in [0.2, 0.25) is 0 Å². The number of piperidine rings is 1. The van der Waals surface area contributed by atoms with E-state index in [2.05, 4.69) is 10.3 Å². The molecule has 1 aromatic heterocycles. The van der Waals surface area contributed by atoms with Gasteiger partial charge in [-0.3, -0.25) is 4.79 Å². The number of benzene rings is 1. The zero-order valence-electron chi connectivity index (χ0n) is 14.2. The van der Waals surface area contributed by atoms with E-state index >= 15 is 0 Å². The van der Waals surface area contributed by atoms with Gasteiger partial charge in [-0.15, -0.1) is 5.10 Å². The fourth-order valence-electron chi connectivity index (χ4n) is 4.07. The van der Waals surface area contributed by atoms with Gasteiger partial charge in [0.1, 0.15) is 0 Å². The molecule has 0 unspecified atom stereocenters. The van der Waals surface area contributed by atoms with Crippen molar-refractivity contribution < 1.29 is 14.6 Å². The average Bonchev–Trinajstić information content (AvgIpc) is 3.16. The van der Waals surface area contributed by atoms with Crippen LogP contribution < -0.4 is 0 Å². The van der Waals surface area contributed by atoms with Gasteiger partial charge >= 0.3 is 0 Å². The van der Waals surface area contributed by atoms with Crippen LogP contribution in [-0.4, -0.2) is 63.3 Å². The molecule has 1 saturated carbocycles. The number of nitrogens with zero attached hydrogens (tertiary/aromatic N) is 4. The maximum atomic E-state index is 12.7. The third-order valence-corrected chi connectivity index (χ3v) is 5.74. The van der Waals surface area contributed by atoms with Crippen molar-refractivity contribution in [2.45, 2.75) is 31.5 Å². The van der Waals surface area contributed by atoms with Gasteiger partial charge in [-0.25, -0.2) is 4.68 Å². The van der Waals surface area contributed by atoms with Gasteiger partial charge in [0.05, 0.1) is 24.1 Å². The number of likely N-dealkylation sites (tertiary alicyclic amines) is 1. The van der Waals surface area contributed by atoms with Crippen LogP contribution in [-0.2, 0) is 4.74 Å². The van der Waals surface area contributed by atoms with Gasteiger partial charge in [-0.1, -0.05) is 23.4 Å². The first-order valence-corrected chi connectivity index (χ1v) is 8.62. The van der Waals surface area contributed by atoms with E-state index < -0.39 is 0 Å². The number of hydrogen-bond donors (Lipinski definition) is 1. The second-order valence-electron chi connectivity index (χ2n) is 6.89. The van der Waals surface area contributed by atoms with E-state index in [0.29, 0.717) is 25.2 Å². The molecule has 0 radical (unpaired) electrons. The second kappa shape index (κ2) is 6.24. The van der Waals surface area contributed by atoms with Crippen LogP contribution >= 0.6 is 0 Å². The lowest BCUT2D eigenvalue weighted by Crippen LogP contribution is -2.62. The van der Waals surface area contributed by atoms with Crippen molar-refractivity contribution in [3.63, 3.8) is 0 Å². The van der Waals surface area contributed by atoms with Crippen molar-refractivity contribution >= 4 is 5.91 Å². The summed E-state index contributed by atoms with van der Waals surface area (Å²) in [6.45, 7) is 1.21. The number of aromatic nitrogens is 3. The van der Waals surface area contributed by atoms with E-state index in [-0.39, 0.29) is 23.5 Å². The summed E-state index contributed by atoms with van der Waals surface area (Å²) in [6.07, 6.45) is 3.64. The second-order valence-corrected chi connectivity index (χ2v) is 6.89. The maximum absolute atomic E-state index is 12.7. The van der Waals surface area contributed by atoms with Crippen molar-refractivity contribution in [3.05, 3.63) is 42.2 Å². The number of hydrogen-bond acceptors (Lipinski definition) is 5. The molecule has 1 aliphatic heterocycles. The first-order valence-electron chi connectivity index (χ1n) is 8.62. The Balaban J connectivity index is 1.44. The van der Waals surface area contributed by atoms with Crippen LogP contribution in [0.15, 0.2) is 36.5 Å². The summed E-state index contributed by atoms with van der Waals surface area (Å²) in [5.74, 6) is -0.111. The normalized spacial score (nSPS) is 25.0. The van der Waals surface area contributed by atoms with E-state index in [4.69, 9.17) is 4.74 Å². The standard InChI is InChI=1S/C18H22N4O3/c1-25-16-11-15(23)18(16)7-9-21(10-8-18)17(24)14-12-22(20-19-14)13-5-3-2-4-6-13/h2-6,12,15-16,23H,7-11H2,1H3/t15-,16+/m0/s1. The Morgan fingerprint density at radius 1 is 1.28 bits per heavy atom. The Labute approximate surface area is 146 Å². The molecular weight excluding hydrogens is 320 g/mol. The molecule has 7 heteroatoms. The fourth-order valence-corrected chi connectivity index (χ4v) is 4.07. The summed E-state index contributed by atoms with van der Waals surface area (Å²) in [5.41, 5.74) is 1.03. The minimum atomic E-state index is -0.325. The lowest BCUT2D eigenvalue weighted by molar-refractivity contribution is -0.199. The van der Waals surface area contributed by atoms with Gasteiger partial charge in [-0.2, -0.15) is 0 Å². The SMILES string of the molecule is CO[C@@H]1C[C@H](O)C12CCN(C(=O)c1cn(-c3ccccc3)nn1)CC2. The molecule has 2 heterocycles. The largest absolute Gasteiger partial charge is 0.392 e. The number of methoxy groups -OCH3 is 1. The van der Waals surface area contributed by atoms with Crippen molar-refractivity contribution in [2.24, 2.45) is 5.41 Å². The molecule has 1 aromatic carbocycles. The van der Waals surface area contributed by atoms with Crippen molar-refractivity contribution in [2.75, 3.05) is 20.2 Å². The molecule has 1 saturated heterocycles. The Morgan fingerprint density at radius 2 is 2.00 bits per heavy atom. The lowest BCUT2D eigenvalue weighted by atomic mass is 9.58. The third kappa shape index (κ3) is 2.63. The number of amides is 1. The van der Waals surface area contributed by atoms with Gasteiger partial charge in [0, 0.05) is 32.0 Å². The number of rotatable bonds is 3. The topological polar surface area (TPSA) is 80.5 Å². The van der Waals surface area contributed by atoms with Crippen molar-refractivity contribution in [1.82, 2.24) is 19.9 Å². The molecule has 2 aliphatic rings.